The fraction of sp³-hybridized carbons (Fsp3) is 0.655. The zero-order valence-corrected chi connectivity index (χ0v) is 23.1. The predicted molar refractivity (Wildman–Crippen MR) is 147 cm³/mol. The highest BCUT2D eigenvalue weighted by atomic mass is 35.5. The third-order valence-electron chi connectivity index (χ3n) is 9.46. The Kier molecular flexibility index (Phi) is 6.61. The Morgan fingerprint density at radius 1 is 1.10 bits per heavy atom. The highest BCUT2D eigenvalue weighted by molar-refractivity contribution is 6.31. The molecule has 1 spiro atoms. The Hall–Kier alpha value is -2.20. The normalized spacial score (nSPS) is 30.6. The summed E-state index contributed by atoms with van der Waals surface area (Å²) in [4.78, 5) is 14.5. The lowest BCUT2D eigenvalue weighted by Crippen LogP contribution is -2.44. The summed E-state index contributed by atoms with van der Waals surface area (Å²) in [5.41, 5.74) is 10.3. The van der Waals surface area contributed by atoms with E-state index in [1.807, 2.05) is 12.1 Å². The number of rotatable bonds is 4. The number of benzene rings is 1. The first-order valence-electron chi connectivity index (χ1n) is 14.4. The molecule has 2 aromatic rings. The first-order valence-corrected chi connectivity index (χ1v) is 14.8. The molecular formula is C29H37ClFN5O3. The van der Waals surface area contributed by atoms with Gasteiger partial charge in [0.2, 0.25) is 0 Å². The van der Waals surface area contributed by atoms with Gasteiger partial charge in [-0.2, -0.15) is 9.97 Å². The number of nitrogen functional groups attached to an aromatic ring is 1. The minimum Gasteiger partial charge on any atom is -0.461 e. The van der Waals surface area contributed by atoms with Gasteiger partial charge in [0.25, 0.3) is 0 Å². The molecule has 1 aliphatic carbocycles. The highest BCUT2D eigenvalue weighted by Crippen LogP contribution is 2.48. The maximum atomic E-state index is 14.4. The molecule has 0 saturated carbocycles. The number of anilines is 2. The third kappa shape index (κ3) is 4.55. The predicted octanol–water partition coefficient (Wildman–Crippen LogP) is 4.20. The highest BCUT2D eigenvalue weighted by Gasteiger charge is 2.50. The van der Waals surface area contributed by atoms with E-state index in [0.717, 1.165) is 93.0 Å². The average Bonchev–Trinajstić information content (AvgIpc) is 3.29. The van der Waals surface area contributed by atoms with Crippen molar-refractivity contribution >= 4 is 23.1 Å². The van der Waals surface area contributed by atoms with E-state index in [4.69, 9.17) is 41.5 Å². The molecule has 3 atom stereocenters. The SMILES string of the molecule is Nc1cc(Cl)c2c(c1)C1(CCC2)Cc2nc(OCC34CCCN3CC(F)C4)nc(N3CCCOCC3)c2CO1. The lowest BCUT2D eigenvalue weighted by atomic mass is 9.74. The number of fused-ring (bicyclic) bond motifs is 4. The molecule has 5 aliphatic rings. The van der Waals surface area contributed by atoms with Gasteiger partial charge in [0.1, 0.15) is 18.6 Å². The monoisotopic (exact) mass is 557 g/mol. The summed E-state index contributed by atoms with van der Waals surface area (Å²) in [6.45, 7) is 5.25. The van der Waals surface area contributed by atoms with Crippen molar-refractivity contribution < 1.29 is 18.6 Å². The number of alkyl halides is 1. The minimum atomic E-state index is -0.798. The van der Waals surface area contributed by atoms with E-state index in [1.54, 1.807) is 0 Å². The van der Waals surface area contributed by atoms with Gasteiger partial charge in [-0.1, -0.05) is 11.6 Å². The van der Waals surface area contributed by atoms with Crippen LogP contribution >= 0.6 is 11.6 Å². The Morgan fingerprint density at radius 3 is 2.95 bits per heavy atom. The van der Waals surface area contributed by atoms with E-state index < -0.39 is 11.8 Å². The molecule has 3 unspecified atom stereocenters. The van der Waals surface area contributed by atoms with Gasteiger partial charge in [-0.25, -0.2) is 4.39 Å². The van der Waals surface area contributed by atoms with Gasteiger partial charge in [-0.3, -0.25) is 4.90 Å². The standard InChI is InChI=1S/C29H37ClFN5O3/c30-24-13-20(32)12-23-21(24)4-1-6-29(23)15-25-22(17-39-29)26(35-7-3-10-37-11-9-35)34-27(33-25)38-18-28-5-2-8-36(28)16-19(31)14-28/h12-13,19H,1-11,14-18,32H2. The van der Waals surface area contributed by atoms with Gasteiger partial charge in [0.05, 0.1) is 30.0 Å². The molecule has 210 valence electrons. The summed E-state index contributed by atoms with van der Waals surface area (Å²) in [6.07, 6.45) is 6.06. The van der Waals surface area contributed by atoms with E-state index in [0.29, 0.717) is 55.9 Å². The molecule has 0 bridgehead atoms. The van der Waals surface area contributed by atoms with Crippen LogP contribution in [-0.4, -0.2) is 72.6 Å². The lowest BCUT2D eigenvalue weighted by Gasteiger charge is -2.43. The van der Waals surface area contributed by atoms with Crippen LogP contribution in [-0.2, 0) is 34.5 Å². The Balaban J connectivity index is 1.25. The van der Waals surface area contributed by atoms with Crippen LogP contribution in [0.1, 0.15) is 60.9 Å². The molecule has 3 saturated heterocycles. The third-order valence-corrected chi connectivity index (χ3v) is 9.80. The summed E-state index contributed by atoms with van der Waals surface area (Å²) in [7, 11) is 0. The molecule has 7 rings (SSSR count). The summed E-state index contributed by atoms with van der Waals surface area (Å²) in [6, 6.07) is 4.23. The molecule has 1 aromatic heterocycles. The Morgan fingerprint density at radius 2 is 2.03 bits per heavy atom. The number of nitrogens with two attached hydrogens (primary N) is 1. The zero-order valence-electron chi connectivity index (χ0n) is 22.4. The van der Waals surface area contributed by atoms with Gasteiger partial charge >= 0.3 is 6.01 Å². The maximum absolute atomic E-state index is 14.4. The van der Waals surface area contributed by atoms with Crippen LogP contribution in [0.5, 0.6) is 6.01 Å². The topological polar surface area (TPSA) is 86.0 Å². The number of ether oxygens (including phenoxy) is 3. The minimum absolute atomic E-state index is 0.254. The van der Waals surface area contributed by atoms with Crippen molar-refractivity contribution in [2.45, 2.75) is 75.3 Å². The quantitative estimate of drug-likeness (QED) is 0.560. The van der Waals surface area contributed by atoms with Gasteiger partial charge < -0.3 is 24.8 Å². The van der Waals surface area contributed by atoms with Crippen molar-refractivity contribution in [1.82, 2.24) is 14.9 Å². The second kappa shape index (κ2) is 10.0. The van der Waals surface area contributed by atoms with Crippen molar-refractivity contribution in [2.24, 2.45) is 0 Å². The molecule has 5 heterocycles. The maximum Gasteiger partial charge on any atom is 0.318 e. The molecule has 0 radical (unpaired) electrons. The van der Waals surface area contributed by atoms with Crippen LogP contribution in [0, 0.1) is 0 Å². The fourth-order valence-corrected chi connectivity index (χ4v) is 7.91. The summed E-state index contributed by atoms with van der Waals surface area (Å²) in [5, 5.41) is 0.707. The molecular weight excluding hydrogens is 521 g/mol. The van der Waals surface area contributed by atoms with Crippen LogP contribution in [0.25, 0.3) is 0 Å². The van der Waals surface area contributed by atoms with Gasteiger partial charge in [-0.05, 0) is 68.3 Å². The average molecular weight is 558 g/mol. The lowest BCUT2D eigenvalue weighted by molar-refractivity contribution is -0.0855. The second-order valence-corrected chi connectivity index (χ2v) is 12.3. The second-order valence-electron chi connectivity index (χ2n) is 11.9. The summed E-state index contributed by atoms with van der Waals surface area (Å²) < 4.78 is 33.2. The largest absolute Gasteiger partial charge is 0.461 e. The van der Waals surface area contributed by atoms with Gasteiger partial charge in [0.15, 0.2) is 0 Å². The van der Waals surface area contributed by atoms with E-state index in [-0.39, 0.29) is 5.54 Å². The first kappa shape index (κ1) is 25.7. The van der Waals surface area contributed by atoms with E-state index in [1.165, 1.54) is 0 Å². The Labute approximate surface area is 234 Å². The van der Waals surface area contributed by atoms with Crippen LogP contribution < -0.4 is 15.4 Å². The van der Waals surface area contributed by atoms with Crippen LogP contribution in [0.15, 0.2) is 12.1 Å². The number of halogens is 2. The van der Waals surface area contributed by atoms with Gasteiger partial charge in [-0.15, -0.1) is 0 Å². The van der Waals surface area contributed by atoms with Crippen LogP contribution in [0.2, 0.25) is 5.02 Å². The zero-order chi connectivity index (χ0) is 26.6. The van der Waals surface area contributed by atoms with Crippen molar-refractivity contribution in [3.05, 3.63) is 39.5 Å². The first-order chi connectivity index (χ1) is 18.9. The number of nitrogens with zero attached hydrogens (tertiary/aromatic N) is 4. The number of hydrogen-bond acceptors (Lipinski definition) is 8. The Bertz CT molecular complexity index is 1260. The van der Waals surface area contributed by atoms with E-state index in [9.17, 15) is 4.39 Å². The van der Waals surface area contributed by atoms with Crippen molar-refractivity contribution in [3.63, 3.8) is 0 Å². The molecule has 4 aliphatic heterocycles. The molecule has 10 heteroatoms. The number of aromatic nitrogens is 2. The van der Waals surface area contributed by atoms with Crippen LogP contribution in [0.4, 0.5) is 15.9 Å². The van der Waals surface area contributed by atoms with Crippen molar-refractivity contribution in [1.29, 1.82) is 0 Å². The molecule has 3 fully saturated rings. The molecule has 39 heavy (non-hydrogen) atoms. The number of hydrogen-bond donors (Lipinski definition) is 1. The molecule has 1 aromatic carbocycles. The van der Waals surface area contributed by atoms with Crippen LogP contribution in [0.3, 0.4) is 0 Å². The van der Waals surface area contributed by atoms with Crippen molar-refractivity contribution in [3.8, 4) is 6.01 Å². The summed E-state index contributed by atoms with van der Waals surface area (Å²) >= 11 is 6.64. The van der Waals surface area contributed by atoms with Crippen molar-refractivity contribution in [2.75, 3.05) is 56.6 Å². The summed E-state index contributed by atoms with van der Waals surface area (Å²) in [5.74, 6) is 0.868. The van der Waals surface area contributed by atoms with Gasteiger partial charge in [0, 0.05) is 55.4 Å². The molecule has 8 nitrogen and oxygen atoms in total. The fourth-order valence-electron chi connectivity index (χ4n) is 7.59. The molecule has 2 N–H and O–H groups in total. The molecule has 0 amide bonds. The smallest absolute Gasteiger partial charge is 0.318 e. The van der Waals surface area contributed by atoms with E-state index >= 15 is 0 Å². The van der Waals surface area contributed by atoms with E-state index in [2.05, 4.69) is 9.80 Å².